The molecule has 0 aromatic heterocycles. The van der Waals surface area contributed by atoms with Gasteiger partial charge in [-0.25, -0.2) is 0 Å². The minimum Gasteiger partial charge on any atom is -0.397 e. The lowest BCUT2D eigenvalue weighted by atomic mass is 10.1. The maximum Gasteiger partial charge on any atom is 0.0614 e. The summed E-state index contributed by atoms with van der Waals surface area (Å²) < 4.78 is 0. The van der Waals surface area contributed by atoms with Gasteiger partial charge in [-0.2, -0.15) is 0 Å². The number of benzene rings is 1. The number of nitrogens with zero attached hydrogens (tertiary/aromatic N) is 1. The van der Waals surface area contributed by atoms with Crippen molar-refractivity contribution in [2.45, 2.75) is 19.8 Å². The summed E-state index contributed by atoms with van der Waals surface area (Å²) in [5, 5.41) is 0.763. The minimum atomic E-state index is 0.763. The van der Waals surface area contributed by atoms with Gasteiger partial charge < -0.3 is 10.6 Å². The van der Waals surface area contributed by atoms with E-state index in [0.717, 1.165) is 35.4 Å². The number of rotatable bonds is 2. The van der Waals surface area contributed by atoms with Crippen molar-refractivity contribution >= 4 is 23.0 Å². The first-order valence-corrected chi connectivity index (χ1v) is 5.88. The third kappa shape index (κ3) is 2.20. The molecular formula is C12H17ClN2. The van der Waals surface area contributed by atoms with E-state index in [4.69, 9.17) is 17.3 Å². The van der Waals surface area contributed by atoms with Gasteiger partial charge in [0.05, 0.1) is 11.4 Å². The second kappa shape index (κ2) is 4.31. The van der Waals surface area contributed by atoms with Gasteiger partial charge >= 0.3 is 0 Å². The molecule has 0 spiro atoms. The quantitative estimate of drug-likeness (QED) is 0.782. The Morgan fingerprint density at radius 1 is 1.53 bits per heavy atom. The standard InChI is InChI=1S/C12H17ClN2/c1-2-9-5-6-15(8-9)12-7-10(13)3-4-11(12)14/h3-4,7,9H,2,5-6,8,14H2,1H3. The SMILES string of the molecule is CCC1CCN(c2cc(Cl)ccc2N)C1. The maximum atomic E-state index is 5.98. The Balaban J connectivity index is 2.19. The van der Waals surface area contributed by atoms with E-state index >= 15 is 0 Å². The monoisotopic (exact) mass is 224 g/mol. The van der Waals surface area contributed by atoms with Gasteiger partial charge in [-0.15, -0.1) is 0 Å². The molecule has 2 N–H and O–H groups in total. The van der Waals surface area contributed by atoms with Crippen LogP contribution in [0.1, 0.15) is 19.8 Å². The lowest BCUT2D eigenvalue weighted by Gasteiger charge is -2.20. The fourth-order valence-corrected chi connectivity index (χ4v) is 2.34. The molecule has 0 amide bonds. The number of hydrogen-bond acceptors (Lipinski definition) is 2. The summed E-state index contributed by atoms with van der Waals surface area (Å²) in [7, 11) is 0. The lowest BCUT2D eigenvalue weighted by Crippen LogP contribution is -2.20. The van der Waals surface area contributed by atoms with Crippen LogP contribution < -0.4 is 10.6 Å². The summed E-state index contributed by atoms with van der Waals surface area (Å²) >= 11 is 5.98. The van der Waals surface area contributed by atoms with Crippen LogP contribution in [0.2, 0.25) is 5.02 Å². The van der Waals surface area contributed by atoms with Gasteiger partial charge in [0.1, 0.15) is 0 Å². The van der Waals surface area contributed by atoms with Crippen molar-refractivity contribution in [3.05, 3.63) is 23.2 Å². The van der Waals surface area contributed by atoms with Crippen LogP contribution in [0.15, 0.2) is 18.2 Å². The van der Waals surface area contributed by atoms with Crippen LogP contribution in [0.3, 0.4) is 0 Å². The Morgan fingerprint density at radius 3 is 3.00 bits per heavy atom. The number of halogens is 1. The van der Waals surface area contributed by atoms with E-state index in [2.05, 4.69) is 11.8 Å². The first kappa shape index (κ1) is 10.6. The van der Waals surface area contributed by atoms with Crippen molar-refractivity contribution in [1.29, 1.82) is 0 Å². The molecule has 1 fully saturated rings. The number of nitrogen functional groups attached to an aromatic ring is 1. The van der Waals surface area contributed by atoms with Crippen LogP contribution in [0.5, 0.6) is 0 Å². The Labute approximate surface area is 96.0 Å². The molecule has 82 valence electrons. The molecule has 1 aliphatic heterocycles. The summed E-state index contributed by atoms with van der Waals surface area (Å²) in [6, 6.07) is 5.69. The lowest BCUT2D eigenvalue weighted by molar-refractivity contribution is 0.569. The highest BCUT2D eigenvalue weighted by molar-refractivity contribution is 6.31. The highest BCUT2D eigenvalue weighted by Gasteiger charge is 2.22. The zero-order chi connectivity index (χ0) is 10.8. The molecule has 1 aromatic carbocycles. The van der Waals surface area contributed by atoms with Crippen molar-refractivity contribution in [3.63, 3.8) is 0 Å². The molecule has 1 atom stereocenters. The second-order valence-corrected chi connectivity index (χ2v) is 4.65. The van der Waals surface area contributed by atoms with Crippen molar-refractivity contribution in [2.24, 2.45) is 5.92 Å². The predicted octanol–water partition coefficient (Wildman–Crippen LogP) is 3.16. The van der Waals surface area contributed by atoms with Crippen LogP contribution in [0, 0.1) is 5.92 Å². The van der Waals surface area contributed by atoms with Crippen LogP contribution >= 0.6 is 11.6 Å². The summed E-state index contributed by atoms with van der Waals surface area (Å²) in [5.41, 5.74) is 7.88. The molecule has 0 radical (unpaired) electrons. The molecule has 2 rings (SSSR count). The van der Waals surface area contributed by atoms with Crippen LogP contribution in [0.25, 0.3) is 0 Å². The highest BCUT2D eigenvalue weighted by atomic mass is 35.5. The normalized spacial score (nSPS) is 20.9. The molecule has 0 saturated carbocycles. The van der Waals surface area contributed by atoms with Crippen molar-refractivity contribution in [3.8, 4) is 0 Å². The maximum absolute atomic E-state index is 5.98. The van der Waals surface area contributed by atoms with Crippen LogP contribution in [0.4, 0.5) is 11.4 Å². The fraction of sp³-hybridized carbons (Fsp3) is 0.500. The number of nitrogens with two attached hydrogens (primary N) is 1. The van der Waals surface area contributed by atoms with Crippen molar-refractivity contribution in [1.82, 2.24) is 0 Å². The van der Waals surface area contributed by atoms with E-state index in [1.165, 1.54) is 12.8 Å². The van der Waals surface area contributed by atoms with Crippen molar-refractivity contribution < 1.29 is 0 Å². The van der Waals surface area contributed by atoms with Gasteiger partial charge in [-0.1, -0.05) is 24.9 Å². The second-order valence-electron chi connectivity index (χ2n) is 4.21. The third-order valence-corrected chi connectivity index (χ3v) is 3.43. The predicted molar refractivity (Wildman–Crippen MR) is 66.5 cm³/mol. The minimum absolute atomic E-state index is 0.763. The molecule has 2 nitrogen and oxygen atoms in total. The van der Waals surface area contributed by atoms with Gasteiger partial charge in [0.25, 0.3) is 0 Å². The summed E-state index contributed by atoms with van der Waals surface area (Å²) in [5.74, 6) is 0.809. The van der Waals surface area contributed by atoms with E-state index in [1.54, 1.807) is 0 Å². The van der Waals surface area contributed by atoms with E-state index in [1.807, 2.05) is 18.2 Å². The molecule has 1 heterocycles. The molecule has 1 aliphatic rings. The van der Waals surface area contributed by atoms with Gasteiger partial charge in [-0.05, 0) is 30.5 Å². The zero-order valence-electron chi connectivity index (χ0n) is 9.04. The van der Waals surface area contributed by atoms with Gasteiger partial charge in [-0.3, -0.25) is 0 Å². The molecule has 1 aromatic rings. The summed E-state index contributed by atoms with van der Waals surface area (Å²) in [6.07, 6.45) is 2.51. The van der Waals surface area contributed by atoms with Crippen LogP contribution in [-0.2, 0) is 0 Å². The van der Waals surface area contributed by atoms with E-state index < -0.39 is 0 Å². The first-order valence-electron chi connectivity index (χ1n) is 5.50. The van der Waals surface area contributed by atoms with E-state index in [0.29, 0.717) is 0 Å². The first-order chi connectivity index (χ1) is 7.20. The Kier molecular flexibility index (Phi) is 3.06. The molecule has 1 saturated heterocycles. The van der Waals surface area contributed by atoms with E-state index in [-0.39, 0.29) is 0 Å². The third-order valence-electron chi connectivity index (χ3n) is 3.20. The Morgan fingerprint density at radius 2 is 2.33 bits per heavy atom. The average Bonchev–Trinajstić information content (AvgIpc) is 2.70. The highest BCUT2D eigenvalue weighted by Crippen LogP contribution is 2.31. The van der Waals surface area contributed by atoms with Gasteiger partial charge in [0.15, 0.2) is 0 Å². The molecular weight excluding hydrogens is 208 g/mol. The Bertz CT molecular complexity index is 351. The number of hydrogen-bond donors (Lipinski definition) is 1. The number of anilines is 2. The molecule has 0 aliphatic carbocycles. The smallest absolute Gasteiger partial charge is 0.0614 e. The molecule has 3 heteroatoms. The summed E-state index contributed by atoms with van der Waals surface area (Å²) in [4.78, 5) is 2.34. The van der Waals surface area contributed by atoms with E-state index in [9.17, 15) is 0 Å². The van der Waals surface area contributed by atoms with Gasteiger partial charge in [0.2, 0.25) is 0 Å². The molecule has 1 unspecified atom stereocenters. The Hall–Kier alpha value is -0.890. The van der Waals surface area contributed by atoms with Crippen molar-refractivity contribution in [2.75, 3.05) is 23.7 Å². The average molecular weight is 225 g/mol. The fourth-order valence-electron chi connectivity index (χ4n) is 2.18. The molecule has 15 heavy (non-hydrogen) atoms. The van der Waals surface area contributed by atoms with Gasteiger partial charge in [0, 0.05) is 18.1 Å². The van der Waals surface area contributed by atoms with Crippen LogP contribution in [-0.4, -0.2) is 13.1 Å². The largest absolute Gasteiger partial charge is 0.397 e. The summed E-state index contributed by atoms with van der Waals surface area (Å²) in [6.45, 7) is 4.46. The topological polar surface area (TPSA) is 29.3 Å². The molecule has 0 bridgehead atoms. The zero-order valence-corrected chi connectivity index (χ0v) is 9.80.